The molecule has 1 rings (SSSR count). The summed E-state index contributed by atoms with van der Waals surface area (Å²) in [5, 5.41) is 12.9. The summed E-state index contributed by atoms with van der Waals surface area (Å²) in [6.45, 7) is 14.9. The molecule has 0 fully saturated rings. The first-order valence-electron chi connectivity index (χ1n) is 8.17. The Balaban J connectivity index is 2.62. The van der Waals surface area contributed by atoms with Crippen LogP contribution >= 0.6 is 0 Å². The molecule has 0 bridgehead atoms. The molecule has 0 atom stereocenters. The average Bonchev–Trinajstić information content (AvgIpc) is 2.89. The SMILES string of the molecule is CCNC(=NCc1noc(C(C)(C)C)n1)NCC(=O)NC(C)(C)C. The molecule has 0 saturated carbocycles. The minimum Gasteiger partial charge on any atom is -0.357 e. The maximum atomic E-state index is 11.9. The van der Waals surface area contributed by atoms with Crippen LogP contribution in [0.15, 0.2) is 9.52 Å². The second kappa shape index (κ2) is 8.12. The third kappa shape index (κ3) is 7.43. The van der Waals surface area contributed by atoms with E-state index in [2.05, 4.69) is 31.1 Å². The van der Waals surface area contributed by atoms with Crippen LogP contribution in [-0.4, -0.2) is 40.6 Å². The molecule has 0 unspecified atom stereocenters. The fraction of sp³-hybridized carbons (Fsp3) is 0.750. The molecule has 8 heteroatoms. The molecule has 24 heavy (non-hydrogen) atoms. The number of guanidine groups is 1. The second-order valence-corrected chi connectivity index (χ2v) is 7.61. The lowest BCUT2D eigenvalue weighted by Gasteiger charge is -2.21. The van der Waals surface area contributed by atoms with Crippen molar-refractivity contribution in [1.29, 1.82) is 0 Å². The number of aliphatic imine (C=N–C) groups is 1. The molecular formula is C16H30N6O2. The van der Waals surface area contributed by atoms with Gasteiger partial charge < -0.3 is 20.5 Å². The Kier molecular flexibility index (Phi) is 6.74. The van der Waals surface area contributed by atoms with Crippen molar-refractivity contribution in [3.63, 3.8) is 0 Å². The lowest BCUT2D eigenvalue weighted by atomic mass is 9.97. The number of rotatable bonds is 5. The van der Waals surface area contributed by atoms with E-state index in [0.29, 0.717) is 24.2 Å². The van der Waals surface area contributed by atoms with E-state index in [-0.39, 0.29) is 30.0 Å². The Morgan fingerprint density at radius 2 is 1.83 bits per heavy atom. The Bertz CT molecular complexity index is 566. The smallest absolute Gasteiger partial charge is 0.239 e. The third-order valence-corrected chi connectivity index (χ3v) is 2.76. The topological polar surface area (TPSA) is 104 Å². The van der Waals surface area contributed by atoms with E-state index < -0.39 is 0 Å². The van der Waals surface area contributed by atoms with Crippen LogP contribution in [0.2, 0.25) is 0 Å². The summed E-state index contributed by atoms with van der Waals surface area (Å²) < 4.78 is 5.24. The van der Waals surface area contributed by atoms with Crippen LogP contribution in [0.3, 0.4) is 0 Å². The number of carbonyl (C=O) groups excluding carboxylic acids is 1. The number of carbonyl (C=O) groups is 1. The van der Waals surface area contributed by atoms with E-state index in [1.807, 2.05) is 48.5 Å². The van der Waals surface area contributed by atoms with Crippen LogP contribution in [0.4, 0.5) is 0 Å². The largest absolute Gasteiger partial charge is 0.357 e. The summed E-state index contributed by atoms with van der Waals surface area (Å²) in [6, 6.07) is 0. The summed E-state index contributed by atoms with van der Waals surface area (Å²) >= 11 is 0. The Labute approximate surface area is 143 Å². The molecular weight excluding hydrogens is 308 g/mol. The number of nitrogens with zero attached hydrogens (tertiary/aromatic N) is 3. The maximum Gasteiger partial charge on any atom is 0.239 e. The molecule has 3 N–H and O–H groups in total. The zero-order chi connectivity index (χ0) is 18.4. The summed E-state index contributed by atoms with van der Waals surface area (Å²) in [5.41, 5.74) is -0.453. The minimum absolute atomic E-state index is 0.0947. The molecule has 0 aliphatic rings. The number of nitrogens with one attached hydrogen (secondary N) is 3. The highest BCUT2D eigenvalue weighted by Crippen LogP contribution is 2.19. The molecule has 0 saturated heterocycles. The van der Waals surface area contributed by atoms with Gasteiger partial charge >= 0.3 is 0 Å². The first-order chi connectivity index (χ1) is 11.0. The summed E-state index contributed by atoms with van der Waals surface area (Å²) in [5.74, 6) is 1.53. The van der Waals surface area contributed by atoms with Crippen LogP contribution in [0.1, 0.15) is 60.2 Å². The third-order valence-electron chi connectivity index (χ3n) is 2.76. The molecule has 0 radical (unpaired) electrons. The minimum atomic E-state index is -0.262. The van der Waals surface area contributed by atoms with Gasteiger partial charge in [-0.15, -0.1) is 0 Å². The van der Waals surface area contributed by atoms with E-state index >= 15 is 0 Å². The monoisotopic (exact) mass is 338 g/mol. The highest BCUT2D eigenvalue weighted by Gasteiger charge is 2.21. The maximum absolute atomic E-state index is 11.9. The van der Waals surface area contributed by atoms with Crippen molar-refractivity contribution in [3.8, 4) is 0 Å². The predicted molar refractivity (Wildman–Crippen MR) is 93.7 cm³/mol. The van der Waals surface area contributed by atoms with Crippen molar-refractivity contribution < 1.29 is 9.32 Å². The standard InChI is InChI=1S/C16H30N6O2/c1-8-17-14(19-10-12(23)21-16(5,6)7)18-9-11-20-13(24-22-11)15(2,3)4/h8-10H2,1-7H3,(H,21,23)(H2,17,18,19). The van der Waals surface area contributed by atoms with E-state index in [4.69, 9.17) is 4.52 Å². The summed E-state index contributed by atoms with van der Waals surface area (Å²) in [7, 11) is 0. The van der Waals surface area contributed by atoms with Crippen molar-refractivity contribution in [2.45, 2.75) is 66.0 Å². The molecule has 8 nitrogen and oxygen atoms in total. The van der Waals surface area contributed by atoms with Crippen molar-refractivity contribution in [1.82, 2.24) is 26.1 Å². The van der Waals surface area contributed by atoms with Gasteiger partial charge in [0.1, 0.15) is 6.54 Å². The normalized spacial score (nSPS) is 12.9. The van der Waals surface area contributed by atoms with Gasteiger partial charge in [0, 0.05) is 17.5 Å². The van der Waals surface area contributed by atoms with Gasteiger partial charge in [0.05, 0.1) is 6.54 Å². The molecule has 1 heterocycles. The molecule has 0 aliphatic carbocycles. The molecule has 1 aromatic rings. The number of hydrogen-bond donors (Lipinski definition) is 3. The Hall–Kier alpha value is -2.12. The highest BCUT2D eigenvalue weighted by atomic mass is 16.5. The van der Waals surface area contributed by atoms with Crippen molar-refractivity contribution in [2.24, 2.45) is 4.99 Å². The van der Waals surface area contributed by atoms with E-state index in [9.17, 15) is 4.79 Å². The highest BCUT2D eigenvalue weighted by molar-refractivity contribution is 5.86. The predicted octanol–water partition coefficient (Wildman–Crippen LogP) is 1.34. The van der Waals surface area contributed by atoms with Crippen LogP contribution in [-0.2, 0) is 16.8 Å². The van der Waals surface area contributed by atoms with E-state index in [0.717, 1.165) is 0 Å². The zero-order valence-electron chi connectivity index (χ0n) is 15.8. The average molecular weight is 338 g/mol. The van der Waals surface area contributed by atoms with E-state index in [1.165, 1.54) is 0 Å². The number of aromatic nitrogens is 2. The fourth-order valence-electron chi connectivity index (χ4n) is 1.74. The van der Waals surface area contributed by atoms with Crippen molar-refractivity contribution in [3.05, 3.63) is 11.7 Å². The van der Waals surface area contributed by atoms with Crippen LogP contribution in [0, 0.1) is 0 Å². The molecule has 1 amide bonds. The lowest BCUT2D eigenvalue weighted by Crippen LogP contribution is -2.48. The lowest BCUT2D eigenvalue weighted by molar-refractivity contribution is -0.121. The van der Waals surface area contributed by atoms with Crippen LogP contribution in [0.25, 0.3) is 0 Å². The Morgan fingerprint density at radius 3 is 2.33 bits per heavy atom. The Morgan fingerprint density at radius 1 is 1.17 bits per heavy atom. The molecule has 136 valence electrons. The van der Waals surface area contributed by atoms with Crippen molar-refractivity contribution in [2.75, 3.05) is 13.1 Å². The van der Waals surface area contributed by atoms with Gasteiger partial charge in [-0.25, -0.2) is 4.99 Å². The first kappa shape index (κ1) is 19.9. The first-order valence-corrected chi connectivity index (χ1v) is 8.17. The summed E-state index contributed by atoms with van der Waals surface area (Å²) in [6.07, 6.45) is 0. The molecule has 1 aromatic heterocycles. The van der Waals surface area contributed by atoms with Gasteiger partial charge in [0.25, 0.3) is 0 Å². The van der Waals surface area contributed by atoms with Gasteiger partial charge in [-0.2, -0.15) is 4.98 Å². The quantitative estimate of drug-likeness (QED) is 0.553. The number of hydrogen-bond acceptors (Lipinski definition) is 5. The van der Waals surface area contributed by atoms with Gasteiger partial charge in [-0.05, 0) is 27.7 Å². The number of amides is 1. The van der Waals surface area contributed by atoms with Gasteiger partial charge in [-0.1, -0.05) is 25.9 Å². The summed E-state index contributed by atoms with van der Waals surface area (Å²) in [4.78, 5) is 20.6. The molecule has 0 aromatic carbocycles. The van der Waals surface area contributed by atoms with Gasteiger partial charge in [-0.3, -0.25) is 4.79 Å². The van der Waals surface area contributed by atoms with Gasteiger partial charge in [0.15, 0.2) is 11.8 Å². The zero-order valence-corrected chi connectivity index (χ0v) is 15.8. The van der Waals surface area contributed by atoms with Crippen molar-refractivity contribution >= 4 is 11.9 Å². The van der Waals surface area contributed by atoms with Crippen LogP contribution in [0.5, 0.6) is 0 Å². The fourth-order valence-corrected chi connectivity index (χ4v) is 1.74. The van der Waals surface area contributed by atoms with E-state index in [1.54, 1.807) is 0 Å². The molecule has 0 spiro atoms. The molecule has 0 aliphatic heterocycles. The van der Waals surface area contributed by atoms with Crippen LogP contribution < -0.4 is 16.0 Å². The van der Waals surface area contributed by atoms with Gasteiger partial charge in [0.2, 0.25) is 11.8 Å². The second-order valence-electron chi connectivity index (χ2n) is 7.61.